The van der Waals surface area contributed by atoms with Gasteiger partial charge in [-0.25, -0.2) is 0 Å². The highest BCUT2D eigenvalue weighted by molar-refractivity contribution is 5.76. The van der Waals surface area contributed by atoms with E-state index in [1.165, 1.54) is 5.56 Å². The molecule has 0 radical (unpaired) electrons. The van der Waals surface area contributed by atoms with E-state index in [0.717, 1.165) is 12.2 Å². The number of para-hydroxylation sites is 1. The number of rotatable bonds is 4. The van der Waals surface area contributed by atoms with Crippen LogP contribution < -0.4 is 10.6 Å². The number of hydrogen-bond acceptors (Lipinski definition) is 2. The van der Waals surface area contributed by atoms with Crippen LogP contribution in [0.15, 0.2) is 24.3 Å². The van der Waals surface area contributed by atoms with Crippen molar-refractivity contribution in [1.82, 2.24) is 5.32 Å². The van der Waals surface area contributed by atoms with Crippen LogP contribution in [0.4, 0.5) is 5.69 Å². The van der Waals surface area contributed by atoms with Gasteiger partial charge in [-0.3, -0.25) is 5.41 Å². The van der Waals surface area contributed by atoms with Crippen LogP contribution in [0.25, 0.3) is 0 Å². The standard InChI is InChI=1S/C11H17N3/c1-3-13-11-7-5-4-6-10(11)8-14-9(2)12/h4-7,13H,3,8H2,1-2H3,(H2,12,14). The zero-order chi connectivity index (χ0) is 10.4. The normalized spacial score (nSPS) is 9.57. The molecule has 3 N–H and O–H groups in total. The maximum atomic E-state index is 7.28. The minimum Gasteiger partial charge on any atom is -0.385 e. The first-order valence-corrected chi connectivity index (χ1v) is 4.85. The summed E-state index contributed by atoms with van der Waals surface area (Å²) in [5, 5.41) is 13.6. The van der Waals surface area contributed by atoms with Gasteiger partial charge in [0, 0.05) is 18.8 Å². The van der Waals surface area contributed by atoms with Crippen molar-refractivity contribution in [2.75, 3.05) is 11.9 Å². The topological polar surface area (TPSA) is 47.9 Å². The first-order valence-electron chi connectivity index (χ1n) is 4.85. The first kappa shape index (κ1) is 10.6. The molecule has 1 rings (SSSR count). The molecule has 0 unspecified atom stereocenters. The minimum atomic E-state index is 0.497. The van der Waals surface area contributed by atoms with E-state index in [0.29, 0.717) is 12.4 Å². The Balaban J connectivity index is 2.68. The van der Waals surface area contributed by atoms with Crippen molar-refractivity contribution in [2.45, 2.75) is 20.4 Å². The Kier molecular flexibility index (Phi) is 3.98. The highest BCUT2D eigenvalue weighted by Gasteiger charge is 1.99. The fraction of sp³-hybridized carbons (Fsp3) is 0.364. The summed E-state index contributed by atoms with van der Waals surface area (Å²) in [5.74, 6) is 0.497. The molecule has 0 aromatic heterocycles. The van der Waals surface area contributed by atoms with Crippen molar-refractivity contribution in [1.29, 1.82) is 5.41 Å². The van der Waals surface area contributed by atoms with Crippen LogP contribution in [0, 0.1) is 5.41 Å². The van der Waals surface area contributed by atoms with Gasteiger partial charge >= 0.3 is 0 Å². The van der Waals surface area contributed by atoms with Gasteiger partial charge in [-0.15, -0.1) is 0 Å². The molecule has 0 amide bonds. The van der Waals surface area contributed by atoms with E-state index in [-0.39, 0.29) is 0 Å². The van der Waals surface area contributed by atoms with Gasteiger partial charge in [0.05, 0.1) is 5.84 Å². The molecule has 3 heteroatoms. The maximum Gasteiger partial charge on any atom is 0.0902 e. The predicted molar refractivity (Wildman–Crippen MR) is 60.8 cm³/mol. The second kappa shape index (κ2) is 5.27. The molecule has 0 aliphatic rings. The molecule has 14 heavy (non-hydrogen) atoms. The van der Waals surface area contributed by atoms with Gasteiger partial charge in [0.2, 0.25) is 0 Å². The molecular weight excluding hydrogens is 174 g/mol. The summed E-state index contributed by atoms with van der Waals surface area (Å²) in [6, 6.07) is 8.14. The lowest BCUT2D eigenvalue weighted by Gasteiger charge is -2.11. The Bertz CT molecular complexity index is 307. The Morgan fingerprint density at radius 3 is 2.71 bits per heavy atom. The number of nitrogens with one attached hydrogen (secondary N) is 3. The van der Waals surface area contributed by atoms with Crippen molar-refractivity contribution in [2.24, 2.45) is 0 Å². The molecule has 0 heterocycles. The Labute approximate surface area is 85.0 Å². The third-order valence-electron chi connectivity index (χ3n) is 1.93. The zero-order valence-electron chi connectivity index (χ0n) is 8.72. The van der Waals surface area contributed by atoms with Gasteiger partial charge in [0.25, 0.3) is 0 Å². The van der Waals surface area contributed by atoms with Crippen LogP contribution in [0.3, 0.4) is 0 Å². The average Bonchev–Trinajstić information content (AvgIpc) is 2.17. The summed E-state index contributed by atoms with van der Waals surface area (Å²) in [4.78, 5) is 0. The van der Waals surface area contributed by atoms with E-state index in [1.807, 2.05) is 12.1 Å². The summed E-state index contributed by atoms with van der Waals surface area (Å²) in [6.45, 7) is 5.45. The molecule has 1 aromatic rings. The molecule has 0 saturated carbocycles. The third-order valence-corrected chi connectivity index (χ3v) is 1.93. The Hall–Kier alpha value is -1.51. The monoisotopic (exact) mass is 191 g/mol. The molecule has 0 aliphatic heterocycles. The SMILES string of the molecule is CCNc1ccccc1CNC(C)=N. The van der Waals surface area contributed by atoms with Gasteiger partial charge in [-0.05, 0) is 25.5 Å². The van der Waals surface area contributed by atoms with Crippen molar-refractivity contribution in [3.63, 3.8) is 0 Å². The highest BCUT2D eigenvalue weighted by Crippen LogP contribution is 2.13. The largest absolute Gasteiger partial charge is 0.385 e. The summed E-state index contributed by atoms with van der Waals surface area (Å²) in [6.07, 6.45) is 0. The fourth-order valence-corrected chi connectivity index (χ4v) is 1.27. The second-order valence-electron chi connectivity index (χ2n) is 3.17. The molecule has 76 valence electrons. The number of benzene rings is 1. The predicted octanol–water partition coefficient (Wildman–Crippen LogP) is 2.21. The fourth-order valence-electron chi connectivity index (χ4n) is 1.27. The van der Waals surface area contributed by atoms with E-state index in [9.17, 15) is 0 Å². The van der Waals surface area contributed by atoms with Crippen LogP contribution in [0.5, 0.6) is 0 Å². The third kappa shape index (κ3) is 3.09. The lowest BCUT2D eigenvalue weighted by Crippen LogP contribution is -2.19. The van der Waals surface area contributed by atoms with Crippen LogP contribution in [0.1, 0.15) is 19.4 Å². The molecule has 0 saturated heterocycles. The second-order valence-corrected chi connectivity index (χ2v) is 3.17. The summed E-state index contributed by atoms with van der Waals surface area (Å²) < 4.78 is 0. The lowest BCUT2D eigenvalue weighted by molar-refractivity contribution is 0.901. The van der Waals surface area contributed by atoms with Gasteiger partial charge < -0.3 is 10.6 Å². The smallest absolute Gasteiger partial charge is 0.0902 e. The maximum absolute atomic E-state index is 7.28. The molecule has 0 fully saturated rings. The van der Waals surface area contributed by atoms with E-state index in [2.05, 4.69) is 29.7 Å². The molecule has 1 aromatic carbocycles. The molecule has 3 nitrogen and oxygen atoms in total. The molecule has 0 spiro atoms. The number of hydrogen-bond donors (Lipinski definition) is 3. The van der Waals surface area contributed by atoms with E-state index >= 15 is 0 Å². The molecule has 0 aliphatic carbocycles. The van der Waals surface area contributed by atoms with Crippen molar-refractivity contribution in [3.05, 3.63) is 29.8 Å². The summed E-state index contributed by atoms with van der Waals surface area (Å²) >= 11 is 0. The highest BCUT2D eigenvalue weighted by atomic mass is 14.9. The molecule has 0 atom stereocenters. The summed E-state index contributed by atoms with van der Waals surface area (Å²) in [5.41, 5.74) is 2.34. The lowest BCUT2D eigenvalue weighted by atomic mass is 10.1. The molecular formula is C11H17N3. The van der Waals surface area contributed by atoms with Crippen LogP contribution in [-0.2, 0) is 6.54 Å². The summed E-state index contributed by atoms with van der Waals surface area (Å²) in [7, 11) is 0. The van der Waals surface area contributed by atoms with Crippen LogP contribution in [-0.4, -0.2) is 12.4 Å². The number of amidine groups is 1. The minimum absolute atomic E-state index is 0.497. The van der Waals surface area contributed by atoms with E-state index in [4.69, 9.17) is 5.41 Å². The zero-order valence-corrected chi connectivity index (χ0v) is 8.72. The van der Waals surface area contributed by atoms with Crippen molar-refractivity contribution < 1.29 is 0 Å². The van der Waals surface area contributed by atoms with Crippen molar-refractivity contribution >= 4 is 11.5 Å². The van der Waals surface area contributed by atoms with Crippen LogP contribution >= 0.6 is 0 Å². The number of anilines is 1. The van der Waals surface area contributed by atoms with Gasteiger partial charge in [0.1, 0.15) is 0 Å². The Morgan fingerprint density at radius 1 is 1.36 bits per heavy atom. The average molecular weight is 191 g/mol. The van der Waals surface area contributed by atoms with Crippen molar-refractivity contribution in [3.8, 4) is 0 Å². The first-order chi connectivity index (χ1) is 6.74. The van der Waals surface area contributed by atoms with Crippen LogP contribution in [0.2, 0.25) is 0 Å². The van der Waals surface area contributed by atoms with Gasteiger partial charge in [-0.1, -0.05) is 18.2 Å². The molecule has 0 bridgehead atoms. The van der Waals surface area contributed by atoms with E-state index in [1.54, 1.807) is 6.92 Å². The quantitative estimate of drug-likeness (QED) is 0.505. The van der Waals surface area contributed by atoms with Gasteiger partial charge in [0.15, 0.2) is 0 Å². The van der Waals surface area contributed by atoms with E-state index < -0.39 is 0 Å². The van der Waals surface area contributed by atoms with Gasteiger partial charge in [-0.2, -0.15) is 0 Å². The Morgan fingerprint density at radius 2 is 2.07 bits per heavy atom.